The lowest BCUT2D eigenvalue weighted by atomic mass is 9.90. The molecule has 1 unspecified atom stereocenters. The van der Waals surface area contributed by atoms with Crippen molar-refractivity contribution in [3.8, 4) is 0 Å². The molecule has 0 radical (unpaired) electrons. The van der Waals surface area contributed by atoms with Crippen molar-refractivity contribution in [2.75, 3.05) is 6.54 Å². The minimum Gasteiger partial charge on any atom is -0.370 e. The molecule has 0 saturated heterocycles. The maximum Gasteiger partial charge on any atom is 0.389 e. The van der Waals surface area contributed by atoms with Gasteiger partial charge in [-0.2, -0.15) is 13.2 Å². The summed E-state index contributed by atoms with van der Waals surface area (Å²) in [6, 6.07) is 0. The number of halogens is 3. The highest BCUT2D eigenvalue weighted by atomic mass is 19.4. The van der Waals surface area contributed by atoms with Crippen LogP contribution in [0.1, 0.15) is 46.0 Å². The van der Waals surface area contributed by atoms with Gasteiger partial charge in [0.25, 0.3) is 0 Å². The van der Waals surface area contributed by atoms with Crippen molar-refractivity contribution < 1.29 is 18.0 Å². The number of carbonyl (C=O) groups excluding carboxylic acids is 1. The molecule has 0 aromatic carbocycles. The lowest BCUT2D eigenvalue weighted by Gasteiger charge is -2.30. The van der Waals surface area contributed by atoms with Crippen LogP contribution in [0.3, 0.4) is 0 Å². The minimum atomic E-state index is -4.14. The Kier molecular flexibility index (Phi) is 6.52. The number of amides is 1. The third kappa shape index (κ3) is 8.97. The van der Waals surface area contributed by atoms with Crippen LogP contribution >= 0.6 is 0 Å². The number of hydrogen-bond acceptors (Lipinski definition) is 2. The van der Waals surface area contributed by atoms with Crippen LogP contribution in [0, 0.1) is 0 Å². The maximum absolute atomic E-state index is 12.0. The first kappa shape index (κ1) is 16.2. The average Bonchev–Trinajstić information content (AvgIpc) is 2.11. The van der Waals surface area contributed by atoms with E-state index in [1.54, 1.807) is 6.92 Å². The number of nitrogens with two attached hydrogens (primary N) is 1. The molecule has 0 fully saturated rings. The Morgan fingerprint density at radius 3 is 2.29 bits per heavy atom. The third-order valence-corrected chi connectivity index (χ3v) is 2.55. The first-order valence-electron chi connectivity index (χ1n) is 5.78. The van der Waals surface area contributed by atoms with Crippen molar-refractivity contribution in [1.29, 1.82) is 0 Å². The second-order valence-electron chi connectivity index (χ2n) is 4.60. The molecule has 1 amide bonds. The molecule has 17 heavy (non-hydrogen) atoms. The summed E-state index contributed by atoms with van der Waals surface area (Å²) in [6.45, 7) is 4.35. The van der Waals surface area contributed by atoms with Crippen molar-refractivity contribution in [3.63, 3.8) is 0 Å². The zero-order chi connectivity index (χ0) is 13.5. The molecule has 0 aromatic heterocycles. The van der Waals surface area contributed by atoms with E-state index in [1.807, 2.05) is 6.92 Å². The Balaban J connectivity index is 4.23. The van der Waals surface area contributed by atoms with E-state index < -0.39 is 24.0 Å². The highest BCUT2D eigenvalue weighted by Crippen LogP contribution is 2.26. The van der Waals surface area contributed by atoms with Gasteiger partial charge in [0.1, 0.15) is 0 Å². The van der Waals surface area contributed by atoms with Crippen LogP contribution in [-0.2, 0) is 4.79 Å². The van der Waals surface area contributed by atoms with Gasteiger partial charge in [0.2, 0.25) is 5.91 Å². The molecule has 0 aromatic rings. The Bertz CT molecular complexity index is 243. The van der Waals surface area contributed by atoms with Crippen molar-refractivity contribution in [3.05, 3.63) is 0 Å². The second-order valence-corrected chi connectivity index (χ2v) is 4.60. The van der Waals surface area contributed by atoms with E-state index in [9.17, 15) is 18.0 Å². The van der Waals surface area contributed by atoms with Crippen LogP contribution in [-0.4, -0.2) is 24.2 Å². The van der Waals surface area contributed by atoms with Gasteiger partial charge in [-0.15, -0.1) is 0 Å². The fourth-order valence-corrected chi connectivity index (χ4v) is 1.73. The SMILES string of the molecule is CCCNC(C)(CCCC(F)(F)F)CC(N)=O. The summed E-state index contributed by atoms with van der Waals surface area (Å²) in [5, 5.41) is 3.10. The number of carbonyl (C=O) groups is 1. The fourth-order valence-electron chi connectivity index (χ4n) is 1.73. The molecule has 0 bridgehead atoms. The van der Waals surface area contributed by atoms with E-state index in [4.69, 9.17) is 5.73 Å². The Morgan fingerprint density at radius 2 is 1.88 bits per heavy atom. The van der Waals surface area contributed by atoms with Crippen LogP contribution < -0.4 is 11.1 Å². The molecule has 1 atom stereocenters. The van der Waals surface area contributed by atoms with Crippen LogP contribution in [0.4, 0.5) is 13.2 Å². The number of rotatable bonds is 8. The van der Waals surface area contributed by atoms with Gasteiger partial charge in [-0.05, 0) is 32.7 Å². The van der Waals surface area contributed by atoms with E-state index in [1.165, 1.54) is 0 Å². The topological polar surface area (TPSA) is 55.1 Å². The van der Waals surface area contributed by atoms with Gasteiger partial charge in [-0.1, -0.05) is 6.92 Å². The molecule has 0 aliphatic heterocycles. The Labute approximate surface area is 99.9 Å². The van der Waals surface area contributed by atoms with Crippen molar-refractivity contribution in [2.24, 2.45) is 5.73 Å². The molecule has 102 valence electrons. The lowest BCUT2D eigenvalue weighted by Crippen LogP contribution is -2.45. The molecule has 0 spiro atoms. The summed E-state index contributed by atoms with van der Waals surface area (Å²) in [4.78, 5) is 10.9. The molecule has 6 heteroatoms. The number of primary amides is 1. The summed E-state index contributed by atoms with van der Waals surface area (Å²) in [5.74, 6) is -0.497. The van der Waals surface area contributed by atoms with Crippen molar-refractivity contribution in [1.82, 2.24) is 5.32 Å². The molecular formula is C11H21F3N2O. The van der Waals surface area contributed by atoms with Gasteiger partial charge in [-0.3, -0.25) is 4.79 Å². The zero-order valence-electron chi connectivity index (χ0n) is 10.4. The quantitative estimate of drug-likeness (QED) is 0.698. The van der Waals surface area contributed by atoms with E-state index in [2.05, 4.69) is 5.32 Å². The Hall–Kier alpha value is -0.780. The predicted molar refractivity (Wildman–Crippen MR) is 60.4 cm³/mol. The second kappa shape index (κ2) is 6.83. The van der Waals surface area contributed by atoms with Gasteiger partial charge in [0, 0.05) is 18.4 Å². The molecule has 3 nitrogen and oxygen atoms in total. The van der Waals surface area contributed by atoms with Crippen LogP contribution in [0.25, 0.3) is 0 Å². The number of alkyl halides is 3. The molecule has 0 aliphatic rings. The number of nitrogens with one attached hydrogen (secondary N) is 1. The van der Waals surface area contributed by atoms with Crippen LogP contribution in [0.5, 0.6) is 0 Å². The van der Waals surface area contributed by atoms with Crippen LogP contribution in [0.15, 0.2) is 0 Å². The average molecular weight is 254 g/mol. The molecule has 3 N–H and O–H groups in total. The summed E-state index contributed by atoms with van der Waals surface area (Å²) < 4.78 is 36.1. The van der Waals surface area contributed by atoms with Gasteiger partial charge in [-0.25, -0.2) is 0 Å². The van der Waals surface area contributed by atoms with E-state index in [-0.39, 0.29) is 19.3 Å². The Morgan fingerprint density at radius 1 is 1.29 bits per heavy atom. The molecule has 0 rings (SSSR count). The van der Waals surface area contributed by atoms with Crippen molar-refractivity contribution >= 4 is 5.91 Å². The summed E-state index contributed by atoms with van der Waals surface area (Å²) in [6.07, 6.45) is -3.76. The smallest absolute Gasteiger partial charge is 0.370 e. The lowest BCUT2D eigenvalue weighted by molar-refractivity contribution is -0.136. The van der Waals surface area contributed by atoms with Gasteiger partial charge in [0.05, 0.1) is 0 Å². The van der Waals surface area contributed by atoms with E-state index in [0.29, 0.717) is 6.54 Å². The maximum atomic E-state index is 12.0. The largest absolute Gasteiger partial charge is 0.389 e. The fraction of sp³-hybridized carbons (Fsp3) is 0.909. The minimum absolute atomic E-state index is 0.00396. The first-order valence-corrected chi connectivity index (χ1v) is 5.78. The normalized spacial score (nSPS) is 15.6. The summed E-state index contributed by atoms with van der Waals surface area (Å²) in [7, 11) is 0. The van der Waals surface area contributed by atoms with Gasteiger partial charge < -0.3 is 11.1 Å². The summed E-state index contributed by atoms with van der Waals surface area (Å²) >= 11 is 0. The molecule has 0 heterocycles. The third-order valence-electron chi connectivity index (χ3n) is 2.55. The van der Waals surface area contributed by atoms with E-state index >= 15 is 0 Å². The van der Waals surface area contributed by atoms with Gasteiger partial charge >= 0.3 is 6.18 Å². The molecular weight excluding hydrogens is 233 g/mol. The standard InChI is InChI=1S/C11H21F3N2O/c1-3-7-16-10(2,8-9(15)17)5-4-6-11(12,13)14/h16H,3-8H2,1-2H3,(H2,15,17). The molecule has 0 saturated carbocycles. The summed E-state index contributed by atoms with van der Waals surface area (Å²) in [5.41, 5.74) is 4.47. The first-order chi connectivity index (χ1) is 7.68. The van der Waals surface area contributed by atoms with E-state index in [0.717, 1.165) is 6.42 Å². The van der Waals surface area contributed by atoms with Crippen molar-refractivity contribution in [2.45, 2.75) is 57.7 Å². The monoisotopic (exact) mass is 254 g/mol. The van der Waals surface area contributed by atoms with Gasteiger partial charge in [0.15, 0.2) is 0 Å². The molecule has 0 aliphatic carbocycles. The zero-order valence-corrected chi connectivity index (χ0v) is 10.4. The highest BCUT2D eigenvalue weighted by molar-refractivity contribution is 5.75. The predicted octanol–water partition coefficient (Wildman–Crippen LogP) is 2.35. The highest BCUT2D eigenvalue weighted by Gasteiger charge is 2.30. The number of hydrogen-bond donors (Lipinski definition) is 2. The van der Waals surface area contributed by atoms with Crippen LogP contribution in [0.2, 0.25) is 0 Å².